The van der Waals surface area contributed by atoms with Crippen LogP contribution in [0.2, 0.25) is 0 Å². The highest BCUT2D eigenvalue weighted by Gasteiger charge is 2.31. The summed E-state index contributed by atoms with van der Waals surface area (Å²) in [6, 6.07) is 8.29. The first kappa shape index (κ1) is 19.2. The van der Waals surface area contributed by atoms with Crippen molar-refractivity contribution in [1.29, 1.82) is 0 Å². The van der Waals surface area contributed by atoms with Gasteiger partial charge < -0.3 is 5.32 Å². The summed E-state index contributed by atoms with van der Waals surface area (Å²) in [5.41, 5.74) is 4.92. The molecule has 1 saturated heterocycles. The van der Waals surface area contributed by atoms with Crippen LogP contribution >= 0.6 is 0 Å². The summed E-state index contributed by atoms with van der Waals surface area (Å²) in [5.74, 6) is 1.76. The highest BCUT2D eigenvalue weighted by molar-refractivity contribution is 5.93. The summed E-state index contributed by atoms with van der Waals surface area (Å²) in [6.07, 6.45) is 6.73. The van der Waals surface area contributed by atoms with Crippen molar-refractivity contribution in [2.45, 2.75) is 52.9 Å². The number of aryl methyl sites for hydroxylation is 2. The number of rotatable bonds is 4. The smallest absolute Gasteiger partial charge is 0.238 e. The maximum Gasteiger partial charge on any atom is 0.238 e. The van der Waals surface area contributed by atoms with Gasteiger partial charge >= 0.3 is 0 Å². The number of anilines is 1. The molecule has 2 aromatic rings. The van der Waals surface area contributed by atoms with E-state index in [4.69, 9.17) is 0 Å². The van der Waals surface area contributed by atoms with Gasteiger partial charge in [-0.1, -0.05) is 37.0 Å². The number of benzene rings is 1. The molecule has 2 aliphatic rings. The minimum Gasteiger partial charge on any atom is -0.322 e. The molecule has 4 rings (SSSR count). The van der Waals surface area contributed by atoms with Crippen LogP contribution in [0.25, 0.3) is 5.69 Å². The molecule has 1 aliphatic heterocycles. The molecule has 5 heteroatoms. The van der Waals surface area contributed by atoms with E-state index in [2.05, 4.69) is 46.5 Å². The van der Waals surface area contributed by atoms with Crippen LogP contribution in [0, 0.1) is 32.6 Å². The molecule has 0 bridgehead atoms. The standard InChI is InChI=1S/C23H32N4O/c1-16-8-10-21(11-9-16)27-18(3)23(17(2)25-27)24-22(28)15-26-13-12-19-6-4-5-7-20(19)14-26/h8-11,19-20H,4-7,12-15H2,1-3H3,(H,24,28)/t19-,20+/m0/s1. The van der Waals surface area contributed by atoms with Gasteiger partial charge in [0.2, 0.25) is 5.91 Å². The Kier molecular flexibility index (Phi) is 5.54. The van der Waals surface area contributed by atoms with E-state index in [0.29, 0.717) is 6.54 Å². The second-order valence-corrected chi connectivity index (χ2v) is 8.67. The van der Waals surface area contributed by atoms with Gasteiger partial charge in [-0.05, 0) is 64.1 Å². The summed E-state index contributed by atoms with van der Waals surface area (Å²) in [6.45, 7) is 8.67. The van der Waals surface area contributed by atoms with E-state index in [-0.39, 0.29) is 5.91 Å². The number of carbonyl (C=O) groups is 1. The van der Waals surface area contributed by atoms with Gasteiger partial charge in [-0.3, -0.25) is 9.69 Å². The fourth-order valence-electron chi connectivity index (χ4n) is 4.96. The van der Waals surface area contributed by atoms with E-state index in [1.165, 1.54) is 37.7 Å². The summed E-state index contributed by atoms with van der Waals surface area (Å²) in [4.78, 5) is 15.1. The number of nitrogens with zero attached hydrogens (tertiary/aromatic N) is 3. The van der Waals surface area contributed by atoms with E-state index >= 15 is 0 Å². The average Bonchev–Trinajstić information content (AvgIpc) is 2.97. The topological polar surface area (TPSA) is 50.2 Å². The molecular formula is C23H32N4O. The third-order valence-electron chi connectivity index (χ3n) is 6.58. The first-order chi connectivity index (χ1) is 13.5. The van der Waals surface area contributed by atoms with Crippen LogP contribution in [0.5, 0.6) is 0 Å². The Morgan fingerprint density at radius 2 is 1.79 bits per heavy atom. The van der Waals surface area contributed by atoms with Crippen LogP contribution in [0.15, 0.2) is 24.3 Å². The quantitative estimate of drug-likeness (QED) is 0.863. The summed E-state index contributed by atoms with van der Waals surface area (Å²) < 4.78 is 1.91. The van der Waals surface area contributed by atoms with Gasteiger partial charge in [0.05, 0.1) is 29.3 Å². The van der Waals surface area contributed by atoms with Gasteiger partial charge in [0, 0.05) is 6.54 Å². The molecule has 0 spiro atoms. The molecule has 2 heterocycles. The highest BCUT2D eigenvalue weighted by Crippen LogP contribution is 2.36. The summed E-state index contributed by atoms with van der Waals surface area (Å²) >= 11 is 0. The number of likely N-dealkylation sites (tertiary alicyclic amines) is 1. The van der Waals surface area contributed by atoms with Crippen molar-refractivity contribution in [3.8, 4) is 5.69 Å². The zero-order valence-electron chi connectivity index (χ0n) is 17.4. The number of aromatic nitrogens is 2. The van der Waals surface area contributed by atoms with Crippen LogP contribution in [0.4, 0.5) is 5.69 Å². The fourth-order valence-corrected chi connectivity index (χ4v) is 4.96. The second kappa shape index (κ2) is 8.08. The van der Waals surface area contributed by atoms with Crippen molar-refractivity contribution in [3.05, 3.63) is 41.2 Å². The van der Waals surface area contributed by atoms with E-state index in [1.807, 2.05) is 18.5 Å². The molecule has 1 amide bonds. The van der Waals surface area contributed by atoms with Crippen LogP contribution < -0.4 is 5.32 Å². The fraction of sp³-hybridized carbons (Fsp3) is 0.565. The molecule has 28 heavy (non-hydrogen) atoms. The van der Waals surface area contributed by atoms with Crippen molar-refractivity contribution in [2.24, 2.45) is 11.8 Å². The molecule has 0 radical (unpaired) electrons. The zero-order chi connectivity index (χ0) is 19.7. The Morgan fingerprint density at radius 3 is 2.54 bits per heavy atom. The van der Waals surface area contributed by atoms with Crippen molar-refractivity contribution in [2.75, 3.05) is 25.0 Å². The van der Waals surface area contributed by atoms with Crippen molar-refractivity contribution in [1.82, 2.24) is 14.7 Å². The Balaban J connectivity index is 1.41. The van der Waals surface area contributed by atoms with Crippen LogP contribution in [-0.2, 0) is 4.79 Å². The zero-order valence-corrected chi connectivity index (χ0v) is 17.4. The van der Waals surface area contributed by atoms with E-state index in [0.717, 1.165) is 47.7 Å². The number of nitrogens with one attached hydrogen (secondary N) is 1. The number of hydrogen-bond donors (Lipinski definition) is 1. The predicted octanol–water partition coefficient (Wildman–Crippen LogP) is 4.25. The minimum atomic E-state index is 0.0731. The van der Waals surface area contributed by atoms with Gasteiger partial charge in [-0.15, -0.1) is 0 Å². The third-order valence-corrected chi connectivity index (χ3v) is 6.58. The van der Waals surface area contributed by atoms with Crippen LogP contribution in [0.3, 0.4) is 0 Å². The van der Waals surface area contributed by atoms with Crippen LogP contribution in [0.1, 0.15) is 49.1 Å². The van der Waals surface area contributed by atoms with E-state index in [1.54, 1.807) is 0 Å². The molecule has 150 valence electrons. The largest absolute Gasteiger partial charge is 0.322 e. The lowest BCUT2D eigenvalue weighted by atomic mass is 9.75. The predicted molar refractivity (Wildman–Crippen MR) is 113 cm³/mol. The van der Waals surface area contributed by atoms with Crippen molar-refractivity contribution < 1.29 is 4.79 Å². The maximum atomic E-state index is 12.7. The lowest BCUT2D eigenvalue weighted by Crippen LogP contribution is -2.44. The van der Waals surface area contributed by atoms with Crippen LogP contribution in [-0.4, -0.2) is 40.2 Å². The van der Waals surface area contributed by atoms with Gasteiger partial charge in [0.25, 0.3) is 0 Å². The Labute approximate surface area is 168 Å². The average molecular weight is 381 g/mol. The Bertz CT molecular complexity index is 839. The molecule has 2 fully saturated rings. The number of piperidine rings is 1. The highest BCUT2D eigenvalue weighted by atomic mass is 16.2. The summed E-state index contributed by atoms with van der Waals surface area (Å²) in [7, 11) is 0. The lowest BCUT2D eigenvalue weighted by Gasteiger charge is -2.41. The molecule has 1 aromatic carbocycles. The Hall–Kier alpha value is -2.14. The first-order valence-electron chi connectivity index (χ1n) is 10.7. The number of hydrogen-bond acceptors (Lipinski definition) is 3. The monoisotopic (exact) mass is 380 g/mol. The molecule has 1 aliphatic carbocycles. The number of amides is 1. The van der Waals surface area contributed by atoms with Crippen molar-refractivity contribution in [3.63, 3.8) is 0 Å². The molecular weight excluding hydrogens is 348 g/mol. The summed E-state index contributed by atoms with van der Waals surface area (Å²) in [5, 5.41) is 7.79. The molecule has 1 aromatic heterocycles. The first-order valence-corrected chi connectivity index (χ1v) is 10.7. The molecule has 1 N–H and O–H groups in total. The number of fused-ring (bicyclic) bond motifs is 1. The molecule has 1 saturated carbocycles. The molecule has 2 atom stereocenters. The van der Waals surface area contributed by atoms with E-state index in [9.17, 15) is 4.79 Å². The maximum absolute atomic E-state index is 12.7. The van der Waals surface area contributed by atoms with Gasteiger partial charge in [0.1, 0.15) is 0 Å². The van der Waals surface area contributed by atoms with Crippen molar-refractivity contribution >= 4 is 11.6 Å². The lowest BCUT2D eigenvalue weighted by molar-refractivity contribution is -0.118. The second-order valence-electron chi connectivity index (χ2n) is 8.67. The third kappa shape index (κ3) is 4.00. The van der Waals surface area contributed by atoms with Gasteiger partial charge in [-0.25, -0.2) is 4.68 Å². The SMILES string of the molecule is Cc1ccc(-n2nc(C)c(NC(=O)CN3CC[C@@H]4CCCC[C@@H]4C3)c2C)cc1. The Morgan fingerprint density at radius 1 is 1.07 bits per heavy atom. The minimum absolute atomic E-state index is 0.0731. The molecule has 5 nitrogen and oxygen atoms in total. The van der Waals surface area contributed by atoms with Gasteiger partial charge in [-0.2, -0.15) is 5.10 Å². The normalized spacial score (nSPS) is 22.7. The molecule has 0 unspecified atom stereocenters. The number of carbonyl (C=O) groups excluding carboxylic acids is 1. The van der Waals surface area contributed by atoms with Gasteiger partial charge in [0.15, 0.2) is 0 Å². The van der Waals surface area contributed by atoms with E-state index < -0.39 is 0 Å².